The Bertz CT molecular complexity index is 504. The summed E-state index contributed by atoms with van der Waals surface area (Å²) in [6.45, 7) is 5.29. The molecule has 1 heterocycles. The van der Waals surface area contributed by atoms with E-state index in [0.717, 1.165) is 10.0 Å². The average Bonchev–Trinajstić information content (AvgIpc) is 2.38. The number of fused-ring (bicyclic) bond motifs is 1. The second-order valence-corrected chi connectivity index (χ2v) is 5.90. The average molecular weight is 344 g/mol. The van der Waals surface area contributed by atoms with E-state index in [-0.39, 0.29) is 5.92 Å². The molecule has 0 bridgehead atoms. The summed E-state index contributed by atoms with van der Waals surface area (Å²) in [4.78, 5) is 11.1. The molecule has 0 fully saturated rings. The first kappa shape index (κ1) is 15.1. The van der Waals surface area contributed by atoms with Crippen LogP contribution in [-0.4, -0.2) is 30.3 Å². The lowest BCUT2D eigenvalue weighted by atomic mass is 10.0. The van der Waals surface area contributed by atoms with Gasteiger partial charge in [0.1, 0.15) is 19.3 Å². The van der Waals surface area contributed by atoms with Gasteiger partial charge in [-0.1, -0.05) is 13.8 Å². The SMILES string of the molecule is CC(C)[C@H](NCc1cc(Br)c2c(c1)OCCO2)C(=O)O. The van der Waals surface area contributed by atoms with E-state index >= 15 is 0 Å². The largest absolute Gasteiger partial charge is 0.486 e. The van der Waals surface area contributed by atoms with Crippen LogP contribution in [0.5, 0.6) is 11.5 Å². The molecule has 110 valence electrons. The molecule has 0 saturated carbocycles. The smallest absolute Gasteiger partial charge is 0.320 e. The molecular formula is C14H18BrNO4. The van der Waals surface area contributed by atoms with Gasteiger partial charge in [0.25, 0.3) is 0 Å². The second-order valence-electron chi connectivity index (χ2n) is 5.04. The van der Waals surface area contributed by atoms with Crippen molar-refractivity contribution in [2.75, 3.05) is 13.2 Å². The van der Waals surface area contributed by atoms with Gasteiger partial charge in [-0.25, -0.2) is 0 Å². The topological polar surface area (TPSA) is 67.8 Å². The number of carboxylic acids is 1. The van der Waals surface area contributed by atoms with Crippen molar-refractivity contribution in [2.45, 2.75) is 26.4 Å². The summed E-state index contributed by atoms with van der Waals surface area (Å²) in [5, 5.41) is 12.2. The molecule has 1 aromatic rings. The van der Waals surface area contributed by atoms with Crippen molar-refractivity contribution < 1.29 is 19.4 Å². The van der Waals surface area contributed by atoms with Gasteiger partial charge >= 0.3 is 5.97 Å². The van der Waals surface area contributed by atoms with E-state index in [2.05, 4.69) is 21.2 Å². The van der Waals surface area contributed by atoms with Crippen LogP contribution in [0.25, 0.3) is 0 Å². The summed E-state index contributed by atoms with van der Waals surface area (Å²) in [6.07, 6.45) is 0. The van der Waals surface area contributed by atoms with Gasteiger partial charge in [0, 0.05) is 6.54 Å². The van der Waals surface area contributed by atoms with E-state index in [1.807, 2.05) is 26.0 Å². The molecule has 0 aliphatic carbocycles. The lowest BCUT2D eigenvalue weighted by Gasteiger charge is -2.22. The van der Waals surface area contributed by atoms with Crippen LogP contribution in [0.2, 0.25) is 0 Å². The Morgan fingerprint density at radius 3 is 2.75 bits per heavy atom. The predicted octanol–water partition coefficient (Wildman–Crippen LogP) is 2.42. The Labute approximate surface area is 126 Å². The third kappa shape index (κ3) is 3.43. The number of nitrogens with one attached hydrogen (secondary N) is 1. The van der Waals surface area contributed by atoms with E-state index in [1.165, 1.54) is 0 Å². The highest BCUT2D eigenvalue weighted by molar-refractivity contribution is 9.10. The third-order valence-electron chi connectivity index (χ3n) is 3.12. The van der Waals surface area contributed by atoms with Gasteiger partial charge in [-0.3, -0.25) is 4.79 Å². The highest BCUT2D eigenvalue weighted by Gasteiger charge is 2.21. The summed E-state index contributed by atoms with van der Waals surface area (Å²) in [6, 6.07) is 3.23. The highest BCUT2D eigenvalue weighted by atomic mass is 79.9. The van der Waals surface area contributed by atoms with Crippen molar-refractivity contribution in [1.82, 2.24) is 5.32 Å². The molecule has 1 aromatic carbocycles. The Balaban J connectivity index is 2.10. The second kappa shape index (κ2) is 6.45. The van der Waals surface area contributed by atoms with Gasteiger partial charge in [-0.05, 0) is 39.5 Å². The summed E-state index contributed by atoms with van der Waals surface area (Å²) in [5.74, 6) is 0.585. The number of carbonyl (C=O) groups is 1. The van der Waals surface area contributed by atoms with E-state index in [0.29, 0.717) is 31.3 Å². The molecule has 1 aliphatic rings. The van der Waals surface area contributed by atoms with Crippen LogP contribution in [0.15, 0.2) is 16.6 Å². The van der Waals surface area contributed by atoms with Crippen molar-refractivity contribution >= 4 is 21.9 Å². The standard InChI is InChI=1S/C14H18BrNO4/c1-8(2)12(14(17)18)16-7-9-5-10(15)13-11(6-9)19-3-4-20-13/h5-6,8,12,16H,3-4,7H2,1-2H3,(H,17,18)/t12-/m0/s1. The summed E-state index contributed by atoms with van der Waals surface area (Å²) in [7, 11) is 0. The molecule has 2 rings (SSSR count). The molecule has 1 atom stereocenters. The van der Waals surface area contributed by atoms with Crippen molar-refractivity contribution in [3.05, 3.63) is 22.2 Å². The maximum Gasteiger partial charge on any atom is 0.320 e. The number of rotatable bonds is 5. The van der Waals surface area contributed by atoms with Crippen molar-refractivity contribution in [3.8, 4) is 11.5 Å². The molecule has 0 saturated heterocycles. The first-order valence-electron chi connectivity index (χ1n) is 6.53. The fourth-order valence-electron chi connectivity index (χ4n) is 2.10. The highest BCUT2D eigenvalue weighted by Crippen LogP contribution is 2.38. The van der Waals surface area contributed by atoms with Crippen molar-refractivity contribution in [2.24, 2.45) is 5.92 Å². The fraction of sp³-hybridized carbons (Fsp3) is 0.500. The van der Waals surface area contributed by atoms with Crippen LogP contribution >= 0.6 is 15.9 Å². The number of hydrogen-bond acceptors (Lipinski definition) is 4. The molecule has 20 heavy (non-hydrogen) atoms. The van der Waals surface area contributed by atoms with Crippen LogP contribution < -0.4 is 14.8 Å². The number of ether oxygens (including phenoxy) is 2. The molecule has 0 radical (unpaired) electrons. The molecule has 1 aliphatic heterocycles. The molecule has 0 aromatic heterocycles. The first-order chi connectivity index (χ1) is 9.49. The van der Waals surface area contributed by atoms with Gasteiger partial charge in [-0.2, -0.15) is 0 Å². The number of carboxylic acid groups (broad SMARTS) is 1. The zero-order chi connectivity index (χ0) is 14.7. The van der Waals surface area contributed by atoms with Gasteiger partial charge in [-0.15, -0.1) is 0 Å². The monoisotopic (exact) mass is 343 g/mol. The Morgan fingerprint density at radius 1 is 1.40 bits per heavy atom. The van der Waals surface area contributed by atoms with Crippen LogP contribution in [0.1, 0.15) is 19.4 Å². The van der Waals surface area contributed by atoms with Crippen LogP contribution in [0.3, 0.4) is 0 Å². The van der Waals surface area contributed by atoms with Gasteiger partial charge in [0.05, 0.1) is 4.47 Å². The number of benzene rings is 1. The molecule has 5 nitrogen and oxygen atoms in total. The normalized spacial score (nSPS) is 15.2. The lowest BCUT2D eigenvalue weighted by Crippen LogP contribution is -2.40. The minimum absolute atomic E-state index is 0.0214. The van der Waals surface area contributed by atoms with Gasteiger partial charge in [0.15, 0.2) is 11.5 Å². The molecule has 2 N–H and O–H groups in total. The maximum absolute atomic E-state index is 11.1. The van der Waals surface area contributed by atoms with E-state index in [9.17, 15) is 4.79 Å². The van der Waals surface area contributed by atoms with Crippen molar-refractivity contribution in [3.63, 3.8) is 0 Å². The Morgan fingerprint density at radius 2 is 2.10 bits per heavy atom. The molecule has 0 unspecified atom stereocenters. The van der Waals surface area contributed by atoms with Crippen LogP contribution in [-0.2, 0) is 11.3 Å². The minimum atomic E-state index is -0.836. The van der Waals surface area contributed by atoms with E-state index in [4.69, 9.17) is 14.6 Å². The molecule has 6 heteroatoms. The van der Waals surface area contributed by atoms with E-state index < -0.39 is 12.0 Å². The number of aliphatic carboxylic acids is 1. The summed E-state index contributed by atoms with van der Waals surface area (Å²) < 4.78 is 11.9. The number of halogens is 1. The first-order valence-corrected chi connectivity index (χ1v) is 7.32. The fourth-order valence-corrected chi connectivity index (χ4v) is 2.71. The maximum atomic E-state index is 11.1. The Hall–Kier alpha value is -1.27. The molecular weight excluding hydrogens is 326 g/mol. The zero-order valence-electron chi connectivity index (χ0n) is 11.5. The van der Waals surface area contributed by atoms with Gasteiger partial charge < -0.3 is 19.9 Å². The predicted molar refractivity (Wildman–Crippen MR) is 78.2 cm³/mol. The Kier molecular flexibility index (Phi) is 4.88. The van der Waals surface area contributed by atoms with Crippen molar-refractivity contribution in [1.29, 1.82) is 0 Å². The lowest BCUT2D eigenvalue weighted by molar-refractivity contribution is -0.140. The quantitative estimate of drug-likeness (QED) is 0.859. The summed E-state index contributed by atoms with van der Waals surface area (Å²) >= 11 is 3.45. The molecule has 0 spiro atoms. The molecule has 0 amide bonds. The third-order valence-corrected chi connectivity index (χ3v) is 3.70. The summed E-state index contributed by atoms with van der Waals surface area (Å²) in [5.41, 5.74) is 0.952. The van der Waals surface area contributed by atoms with Gasteiger partial charge in [0.2, 0.25) is 0 Å². The number of hydrogen-bond donors (Lipinski definition) is 2. The van der Waals surface area contributed by atoms with E-state index in [1.54, 1.807) is 0 Å². The van der Waals surface area contributed by atoms with Crippen LogP contribution in [0, 0.1) is 5.92 Å². The zero-order valence-corrected chi connectivity index (χ0v) is 13.1. The minimum Gasteiger partial charge on any atom is -0.486 e. The van der Waals surface area contributed by atoms with Crippen LogP contribution in [0.4, 0.5) is 0 Å².